The number of carbonyl (C=O) groups is 1. The largest absolute Gasteiger partial charge is 0.378 e. The Labute approximate surface area is 164 Å². The summed E-state index contributed by atoms with van der Waals surface area (Å²) in [5.41, 5.74) is 0.800. The van der Waals surface area contributed by atoms with Gasteiger partial charge < -0.3 is 25.2 Å². The van der Waals surface area contributed by atoms with E-state index in [9.17, 15) is 4.79 Å². The third kappa shape index (κ3) is 4.69. The number of aromatic nitrogens is 2. The summed E-state index contributed by atoms with van der Waals surface area (Å²) in [6.07, 6.45) is 3.41. The van der Waals surface area contributed by atoms with E-state index in [-0.39, 0.29) is 12.1 Å². The zero-order chi connectivity index (χ0) is 19.2. The second-order valence-electron chi connectivity index (χ2n) is 7.06. The van der Waals surface area contributed by atoms with Gasteiger partial charge in [-0.25, -0.2) is 14.8 Å². The van der Waals surface area contributed by atoms with E-state index in [0.717, 1.165) is 69.6 Å². The predicted molar refractivity (Wildman–Crippen MR) is 109 cm³/mol. The van der Waals surface area contributed by atoms with Crippen LogP contribution in [0.2, 0.25) is 0 Å². The molecule has 0 spiro atoms. The molecule has 3 heterocycles. The van der Waals surface area contributed by atoms with Gasteiger partial charge in [0.1, 0.15) is 18.0 Å². The maximum atomic E-state index is 12.2. The van der Waals surface area contributed by atoms with E-state index < -0.39 is 0 Å². The fourth-order valence-electron chi connectivity index (χ4n) is 3.60. The van der Waals surface area contributed by atoms with Crippen molar-refractivity contribution in [2.24, 2.45) is 0 Å². The Morgan fingerprint density at radius 2 is 1.61 bits per heavy atom. The van der Waals surface area contributed by atoms with Crippen LogP contribution in [0.5, 0.6) is 0 Å². The van der Waals surface area contributed by atoms with Gasteiger partial charge in [-0.15, -0.1) is 0 Å². The molecule has 1 aromatic carbocycles. The quantitative estimate of drug-likeness (QED) is 0.843. The first-order valence-corrected chi connectivity index (χ1v) is 9.80. The van der Waals surface area contributed by atoms with Crippen molar-refractivity contribution in [3.8, 4) is 0 Å². The minimum Gasteiger partial charge on any atom is -0.378 e. The number of nitrogens with zero attached hydrogens (tertiary/aromatic N) is 4. The minimum atomic E-state index is -0.152. The Hall–Kier alpha value is -2.87. The van der Waals surface area contributed by atoms with E-state index in [1.54, 1.807) is 6.33 Å². The maximum absolute atomic E-state index is 12.2. The Kier molecular flexibility index (Phi) is 5.86. The minimum absolute atomic E-state index is 0.152. The van der Waals surface area contributed by atoms with E-state index >= 15 is 0 Å². The molecule has 2 amide bonds. The monoisotopic (exact) mass is 382 g/mol. The van der Waals surface area contributed by atoms with Crippen molar-refractivity contribution in [2.75, 3.05) is 54.5 Å². The lowest BCUT2D eigenvalue weighted by atomic mass is 10.1. The van der Waals surface area contributed by atoms with Gasteiger partial charge in [0.15, 0.2) is 0 Å². The van der Waals surface area contributed by atoms with Crippen LogP contribution in [-0.4, -0.2) is 61.4 Å². The first kappa shape index (κ1) is 18.5. The van der Waals surface area contributed by atoms with Crippen molar-refractivity contribution in [1.29, 1.82) is 0 Å². The Bertz CT molecular complexity index is 773. The molecule has 0 saturated carbocycles. The van der Waals surface area contributed by atoms with Crippen LogP contribution in [0.15, 0.2) is 42.7 Å². The van der Waals surface area contributed by atoms with Crippen molar-refractivity contribution in [3.63, 3.8) is 0 Å². The third-order valence-electron chi connectivity index (χ3n) is 5.16. The molecule has 2 aliphatic rings. The molecule has 0 atom stereocenters. The molecule has 0 radical (unpaired) electrons. The maximum Gasteiger partial charge on any atom is 0.319 e. The number of amides is 2. The summed E-state index contributed by atoms with van der Waals surface area (Å²) in [6, 6.07) is 11.6. The van der Waals surface area contributed by atoms with Crippen LogP contribution >= 0.6 is 0 Å². The van der Waals surface area contributed by atoms with Gasteiger partial charge in [-0.2, -0.15) is 0 Å². The molecule has 2 fully saturated rings. The summed E-state index contributed by atoms with van der Waals surface area (Å²) in [5, 5.41) is 5.95. The number of anilines is 3. The number of benzene rings is 1. The molecular formula is C20H26N6O2. The lowest BCUT2D eigenvalue weighted by Gasteiger charge is -2.34. The smallest absolute Gasteiger partial charge is 0.319 e. The lowest BCUT2D eigenvalue weighted by molar-refractivity contribution is 0.122. The molecule has 2 aromatic rings. The van der Waals surface area contributed by atoms with Gasteiger partial charge in [-0.05, 0) is 25.0 Å². The molecule has 148 valence electrons. The van der Waals surface area contributed by atoms with Gasteiger partial charge in [0.25, 0.3) is 0 Å². The van der Waals surface area contributed by atoms with Crippen LogP contribution < -0.4 is 20.4 Å². The number of para-hydroxylation sites is 1. The Morgan fingerprint density at radius 1 is 0.964 bits per heavy atom. The molecule has 2 saturated heterocycles. The number of hydrogen-bond acceptors (Lipinski definition) is 6. The fourth-order valence-corrected chi connectivity index (χ4v) is 3.60. The van der Waals surface area contributed by atoms with E-state index in [4.69, 9.17) is 4.74 Å². The normalized spacial score (nSPS) is 18.0. The number of carbonyl (C=O) groups excluding carboxylic acids is 1. The van der Waals surface area contributed by atoms with Crippen LogP contribution in [0.4, 0.5) is 22.1 Å². The second-order valence-corrected chi connectivity index (χ2v) is 7.06. The zero-order valence-corrected chi connectivity index (χ0v) is 15.9. The molecule has 8 nitrogen and oxygen atoms in total. The average molecular weight is 382 g/mol. The van der Waals surface area contributed by atoms with Crippen molar-refractivity contribution in [1.82, 2.24) is 15.3 Å². The molecule has 2 aliphatic heterocycles. The highest BCUT2D eigenvalue weighted by Crippen LogP contribution is 2.22. The fraction of sp³-hybridized carbons (Fsp3) is 0.450. The standard InChI is InChI=1S/C20H26N6O2/c27-20(23-16-4-2-1-3-5-16)24-17-6-8-25(9-7-17)18-14-19(22-15-21-18)26-10-12-28-13-11-26/h1-5,14-15,17H,6-13H2,(H2,23,24,27). The molecular weight excluding hydrogens is 356 g/mol. The first-order chi connectivity index (χ1) is 13.8. The molecule has 1 aromatic heterocycles. The predicted octanol–water partition coefficient (Wildman–Crippen LogP) is 2.10. The number of ether oxygens (including phenoxy) is 1. The van der Waals surface area contributed by atoms with Gasteiger partial charge in [-0.1, -0.05) is 18.2 Å². The number of urea groups is 1. The molecule has 0 aliphatic carbocycles. The van der Waals surface area contributed by atoms with Gasteiger partial charge in [0.05, 0.1) is 13.2 Å². The summed E-state index contributed by atoms with van der Waals surface area (Å²) in [6.45, 7) is 4.91. The number of hydrogen-bond donors (Lipinski definition) is 2. The van der Waals surface area contributed by atoms with Crippen LogP contribution in [0, 0.1) is 0 Å². The molecule has 2 N–H and O–H groups in total. The van der Waals surface area contributed by atoms with E-state index in [2.05, 4.69) is 36.5 Å². The average Bonchev–Trinajstić information content (AvgIpc) is 2.76. The lowest BCUT2D eigenvalue weighted by Crippen LogP contribution is -2.46. The highest BCUT2D eigenvalue weighted by Gasteiger charge is 2.22. The van der Waals surface area contributed by atoms with Crippen molar-refractivity contribution in [3.05, 3.63) is 42.7 Å². The number of nitrogens with one attached hydrogen (secondary N) is 2. The molecule has 4 rings (SSSR count). The second kappa shape index (κ2) is 8.88. The summed E-state index contributed by atoms with van der Waals surface area (Å²) < 4.78 is 5.41. The van der Waals surface area contributed by atoms with Gasteiger partial charge in [-0.3, -0.25) is 0 Å². The molecule has 8 heteroatoms. The van der Waals surface area contributed by atoms with Crippen LogP contribution in [-0.2, 0) is 4.74 Å². The van der Waals surface area contributed by atoms with Crippen molar-refractivity contribution < 1.29 is 9.53 Å². The molecule has 28 heavy (non-hydrogen) atoms. The summed E-state index contributed by atoms with van der Waals surface area (Å²) in [4.78, 5) is 25.6. The van der Waals surface area contributed by atoms with E-state index in [1.165, 1.54) is 0 Å². The Morgan fingerprint density at radius 3 is 2.29 bits per heavy atom. The topological polar surface area (TPSA) is 82.6 Å². The van der Waals surface area contributed by atoms with Crippen LogP contribution in [0.1, 0.15) is 12.8 Å². The SMILES string of the molecule is O=C(Nc1ccccc1)NC1CCN(c2cc(N3CCOCC3)ncn2)CC1. The highest BCUT2D eigenvalue weighted by atomic mass is 16.5. The summed E-state index contributed by atoms with van der Waals surface area (Å²) in [5.74, 6) is 1.90. The molecule has 0 bridgehead atoms. The molecule has 0 unspecified atom stereocenters. The van der Waals surface area contributed by atoms with Gasteiger partial charge in [0.2, 0.25) is 0 Å². The van der Waals surface area contributed by atoms with Crippen LogP contribution in [0.25, 0.3) is 0 Å². The zero-order valence-electron chi connectivity index (χ0n) is 15.9. The first-order valence-electron chi connectivity index (χ1n) is 9.80. The third-order valence-corrected chi connectivity index (χ3v) is 5.16. The highest BCUT2D eigenvalue weighted by molar-refractivity contribution is 5.89. The van der Waals surface area contributed by atoms with E-state index in [1.807, 2.05) is 30.3 Å². The number of piperidine rings is 1. The number of morpholine rings is 1. The Balaban J connectivity index is 1.28. The van der Waals surface area contributed by atoms with Gasteiger partial charge in [0, 0.05) is 44.0 Å². The van der Waals surface area contributed by atoms with Crippen molar-refractivity contribution >= 4 is 23.4 Å². The summed E-state index contributed by atoms with van der Waals surface area (Å²) in [7, 11) is 0. The van der Waals surface area contributed by atoms with Crippen molar-refractivity contribution in [2.45, 2.75) is 18.9 Å². The summed E-state index contributed by atoms with van der Waals surface area (Å²) >= 11 is 0. The number of rotatable bonds is 4. The van der Waals surface area contributed by atoms with E-state index in [0.29, 0.717) is 0 Å². The van der Waals surface area contributed by atoms with Crippen LogP contribution in [0.3, 0.4) is 0 Å². The van der Waals surface area contributed by atoms with Gasteiger partial charge >= 0.3 is 6.03 Å².